The number of benzene rings is 2. The van der Waals surface area contributed by atoms with Crippen LogP contribution in [0.15, 0.2) is 24.3 Å². The zero-order valence-corrected chi connectivity index (χ0v) is 20.3. The highest BCUT2D eigenvalue weighted by Gasteiger charge is 2.42. The molecule has 0 amide bonds. The summed E-state index contributed by atoms with van der Waals surface area (Å²) in [4.78, 5) is 38.4. The van der Waals surface area contributed by atoms with Gasteiger partial charge in [0, 0.05) is 24.2 Å². The van der Waals surface area contributed by atoms with E-state index in [2.05, 4.69) is 0 Å². The second-order valence-corrected chi connectivity index (χ2v) is 11.1. The topological polar surface area (TPSA) is 77.5 Å². The number of esters is 1. The highest BCUT2D eigenvalue weighted by Crippen LogP contribution is 2.54. The Labute approximate surface area is 184 Å². The number of aryl methyl sites for hydroxylation is 6. The van der Waals surface area contributed by atoms with Gasteiger partial charge in [-0.3, -0.25) is 14.4 Å². The molecule has 6 heteroatoms. The zero-order valence-electron chi connectivity index (χ0n) is 19.4. The Morgan fingerprint density at radius 2 is 1.10 bits per heavy atom. The summed E-state index contributed by atoms with van der Waals surface area (Å²) in [5.41, 5.74) is 4.25. The first kappa shape index (κ1) is 24.7. The smallest absolute Gasteiger partial charge is 0.302 e. The van der Waals surface area contributed by atoms with E-state index in [1.807, 2.05) is 38.1 Å². The van der Waals surface area contributed by atoms with Gasteiger partial charge in [0.1, 0.15) is 0 Å². The van der Waals surface area contributed by atoms with Gasteiger partial charge in [-0.25, -0.2) is 0 Å². The highest BCUT2D eigenvalue weighted by atomic mass is 31.2. The summed E-state index contributed by atoms with van der Waals surface area (Å²) in [6, 6.07) is 7.43. The lowest BCUT2D eigenvalue weighted by Gasteiger charge is -2.21. The monoisotopic (exact) mass is 442 g/mol. The molecule has 0 heterocycles. The first-order valence-corrected chi connectivity index (χ1v) is 12.3. The van der Waals surface area contributed by atoms with Crippen LogP contribution in [0.3, 0.4) is 0 Å². The Bertz CT molecular complexity index is 978. The molecule has 0 saturated heterocycles. The SMILES string of the molecule is CC(=O)OCCCP(=O)(C(=O)c1c(C)cc(C)cc1C)C(=O)c1c(C)cc(C)cc1C. The number of carbonyl (C=O) groups excluding carboxylic acids is 3. The van der Waals surface area contributed by atoms with E-state index in [1.165, 1.54) is 6.92 Å². The van der Waals surface area contributed by atoms with Gasteiger partial charge in [0.25, 0.3) is 0 Å². The van der Waals surface area contributed by atoms with Crippen molar-refractivity contribution >= 4 is 24.2 Å². The van der Waals surface area contributed by atoms with Gasteiger partial charge in [-0.05, 0) is 70.2 Å². The van der Waals surface area contributed by atoms with Crippen molar-refractivity contribution in [3.05, 3.63) is 68.8 Å². The van der Waals surface area contributed by atoms with E-state index in [9.17, 15) is 18.9 Å². The van der Waals surface area contributed by atoms with Crippen molar-refractivity contribution in [3.8, 4) is 0 Å². The van der Waals surface area contributed by atoms with Gasteiger partial charge in [-0.2, -0.15) is 0 Å². The Balaban J connectivity index is 2.59. The van der Waals surface area contributed by atoms with Crippen LogP contribution in [0, 0.1) is 41.5 Å². The summed E-state index contributed by atoms with van der Waals surface area (Å²) in [6.07, 6.45) is 0.0275. The second-order valence-electron chi connectivity index (χ2n) is 8.31. The van der Waals surface area contributed by atoms with E-state index in [-0.39, 0.29) is 19.2 Å². The molecule has 0 N–H and O–H groups in total. The third kappa shape index (κ3) is 5.40. The molecule has 0 unspecified atom stereocenters. The van der Waals surface area contributed by atoms with Gasteiger partial charge in [0.2, 0.25) is 18.2 Å². The molecule has 2 rings (SSSR count). The van der Waals surface area contributed by atoms with E-state index < -0.39 is 24.2 Å². The predicted octanol–water partition coefficient (Wildman–Crippen LogP) is 5.83. The van der Waals surface area contributed by atoms with Crippen molar-refractivity contribution in [1.82, 2.24) is 0 Å². The zero-order chi connectivity index (χ0) is 23.5. The molecule has 0 spiro atoms. The molecule has 0 aliphatic heterocycles. The molecule has 31 heavy (non-hydrogen) atoms. The van der Waals surface area contributed by atoms with Gasteiger partial charge < -0.3 is 9.30 Å². The number of carbonyl (C=O) groups is 3. The van der Waals surface area contributed by atoms with E-state index in [1.54, 1.807) is 27.7 Å². The molecule has 0 radical (unpaired) electrons. The third-order valence-electron chi connectivity index (χ3n) is 5.36. The fourth-order valence-corrected chi connectivity index (χ4v) is 6.79. The van der Waals surface area contributed by atoms with Crippen molar-refractivity contribution in [2.24, 2.45) is 0 Å². The Morgan fingerprint density at radius 1 is 0.742 bits per heavy atom. The maximum Gasteiger partial charge on any atom is 0.302 e. The van der Waals surface area contributed by atoms with Crippen LogP contribution in [-0.2, 0) is 14.1 Å². The van der Waals surface area contributed by atoms with E-state index >= 15 is 0 Å². The van der Waals surface area contributed by atoms with Gasteiger partial charge in [0.15, 0.2) is 0 Å². The van der Waals surface area contributed by atoms with Gasteiger partial charge in [0.05, 0.1) is 6.61 Å². The Hall–Kier alpha value is -2.52. The molecular weight excluding hydrogens is 411 g/mol. The Kier molecular flexibility index (Phi) is 7.77. The van der Waals surface area contributed by atoms with Crippen LogP contribution in [0.2, 0.25) is 0 Å². The molecule has 0 aliphatic rings. The minimum Gasteiger partial charge on any atom is -0.466 e. The normalized spacial score (nSPS) is 11.3. The van der Waals surface area contributed by atoms with Gasteiger partial charge >= 0.3 is 5.97 Å². The molecule has 166 valence electrons. The first-order valence-electron chi connectivity index (χ1n) is 10.4. The summed E-state index contributed by atoms with van der Waals surface area (Å²) in [5.74, 6) is -0.456. The average molecular weight is 442 g/mol. The molecule has 2 aromatic rings. The van der Waals surface area contributed by atoms with Crippen molar-refractivity contribution in [3.63, 3.8) is 0 Å². The Morgan fingerprint density at radius 3 is 1.42 bits per heavy atom. The molecule has 0 aliphatic carbocycles. The lowest BCUT2D eigenvalue weighted by Crippen LogP contribution is -2.18. The summed E-state index contributed by atoms with van der Waals surface area (Å²) in [7, 11) is -4.01. The standard InChI is InChI=1S/C25H31O5P/c1-15-11-17(3)22(18(4)12-15)24(27)31(29,10-8-9-30-21(7)26)25(28)23-19(5)13-16(2)14-20(23)6/h11-14H,8-10H2,1-7H3. The van der Waals surface area contributed by atoms with Crippen molar-refractivity contribution in [1.29, 1.82) is 0 Å². The van der Waals surface area contributed by atoms with Crippen LogP contribution >= 0.6 is 7.14 Å². The predicted molar refractivity (Wildman–Crippen MR) is 124 cm³/mol. The van der Waals surface area contributed by atoms with Crippen molar-refractivity contribution in [2.75, 3.05) is 12.8 Å². The number of ether oxygens (including phenoxy) is 1. The van der Waals surface area contributed by atoms with Crippen LogP contribution in [-0.4, -0.2) is 29.8 Å². The summed E-state index contributed by atoms with van der Waals surface area (Å²) >= 11 is 0. The lowest BCUT2D eigenvalue weighted by molar-refractivity contribution is -0.140. The molecule has 0 saturated carbocycles. The minimum atomic E-state index is -4.01. The van der Waals surface area contributed by atoms with E-state index in [0.29, 0.717) is 33.4 Å². The maximum atomic E-state index is 14.2. The number of hydrogen-bond donors (Lipinski definition) is 0. The van der Waals surface area contributed by atoms with Crippen LogP contribution in [0.5, 0.6) is 0 Å². The summed E-state index contributed by atoms with van der Waals surface area (Å²) < 4.78 is 19.1. The fourth-order valence-electron chi connectivity index (χ4n) is 4.19. The lowest BCUT2D eigenvalue weighted by atomic mass is 10.0. The second kappa shape index (κ2) is 9.74. The van der Waals surface area contributed by atoms with Crippen LogP contribution in [0.4, 0.5) is 0 Å². The van der Waals surface area contributed by atoms with Crippen molar-refractivity contribution < 1.29 is 23.7 Å². The molecule has 0 bridgehead atoms. The van der Waals surface area contributed by atoms with E-state index in [4.69, 9.17) is 4.74 Å². The van der Waals surface area contributed by atoms with Crippen molar-refractivity contribution in [2.45, 2.75) is 54.9 Å². The van der Waals surface area contributed by atoms with Crippen LogP contribution in [0.25, 0.3) is 0 Å². The number of rotatable bonds is 8. The largest absolute Gasteiger partial charge is 0.466 e. The third-order valence-corrected chi connectivity index (χ3v) is 8.07. The van der Waals surface area contributed by atoms with Gasteiger partial charge in [-0.15, -0.1) is 0 Å². The number of hydrogen-bond acceptors (Lipinski definition) is 5. The fraction of sp³-hybridized carbons (Fsp3) is 0.400. The molecule has 2 aromatic carbocycles. The van der Waals surface area contributed by atoms with E-state index in [0.717, 1.165) is 11.1 Å². The summed E-state index contributed by atoms with van der Waals surface area (Å²) in [5, 5.41) is 0. The van der Waals surface area contributed by atoms with Gasteiger partial charge in [-0.1, -0.05) is 35.4 Å². The molecular formula is C25H31O5P. The molecule has 0 fully saturated rings. The first-order chi connectivity index (χ1) is 14.4. The summed E-state index contributed by atoms with van der Waals surface area (Å²) in [6.45, 7) is 12.3. The van der Waals surface area contributed by atoms with Crippen LogP contribution < -0.4 is 0 Å². The quantitative estimate of drug-likeness (QED) is 0.292. The molecule has 0 aromatic heterocycles. The van der Waals surface area contributed by atoms with Crippen LogP contribution in [0.1, 0.15) is 67.4 Å². The maximum absolute atomic E-state index is 14.2. The minimum absolute atomic E-state index is 0.0115. The highest BCUT2D eigenvalue weighted by molar-refractivity contribution is 7.95. The molecule has 5 nitrogen and oxygen atoms in total. The molecule has 0 atom stereocenters. The average Bonchev–Trinajstić information content (AvgIpc) is 2.63.